The average Bonchev–Trinajstić information content (AvgIpc) is 2.75. The first kappa shape index (κ1) is 15.3. The smallest absolute Gasteiger partial charge is 0.318 e. The highest BCUT2D eigenvalue weighted by atomic mass is 16.4. The van der Waals surface area contributed by atoms with E-state index in [1.165, 1.54) is 6.92 Å². The molecule has 1 unspecified atom stereocenters. The van der Waals surface area contributed by atoms with Gasteiger partial charge in [0.05, 0.1) is 0 Å². The highest BCUT2D eigenvalue weighted by Crippen LogP contribution is 2.18. The fraction of sp³-hybridized carbons (Fsp3) is 0.636. The zero-order valence-corrected chi connectivity index (χ0v) is 11.0. The van der Waals surface area contributed by atoms with Crippen molar-refractivity contribution in [1.29, 1.82) is 0 Å². The van der Waals surface area contributed by atoms with Gasteiger partial charge in [-0.25, -0.2) is 4.79 Å². The van der Waals surface area contributed by atoms with Crippen molar-refractivity contribution in [1.82, 2.24) is 15.5 Å². The number of hydrogen-bond acceptors (Lipinski definition) is 6. The van der Waals surface area contributed by atoms with Crippen molar-refractivity contribution in [3.63, 3.8) is 0 Å². The van der Waals surface area contributed by atoms with Crippen LogP contribution in [0.4, 0.5) is 0 Å². The van der Waals surface area contributed by atoms with Crippen LogP contribution in [0.1, 0.15) is 44.0 Å². The second-order valence-corrected chi connectivity index (χ2v) is 4.29. The number of unbranched alkanes of at least 4 members (excludes halogenated alkanes) is 1. The molecule has 6 N–H and O–H groups in total. The molecular formula is C11H20N5O3+. The third-order valence-electron chi connectivity index (χ3n) is 2.45. The number of quaternary nitrogens is 1. The van der Waals surface area contributed by atoms with E-state index in [2.05, 4.69) is 21.2 Å². The predicted octanol–water partition coefficient (Wildman–Crippen LogP) is -1.31. The summed E-state index contributed by atoms with van der Waals surface area (Å²) >= 11 is 0. The van der Waals surface area contributed by atoms with Crippen molar-refractivity contribution in [2.75, 3.05) is 6.54 Å². The van der Waals surface area contributed by atoms with Gasteiger partial charge >= 0.3 is 5.91 Å². The summed E-state index contributed by atoms with van der Waals surface area (Å²) in [6.07, 6.45) is 2.36. The lowest BCUT2D eigenvalue weighted by atomic mass is 10.1. The van der Waals surface area contributed by atoms with Crippen LogP contribution >= 0.6 is 0 Å². The number of amides is 2. The summed E-state index contributed by atoms with van der Waals surface area (Å²) in [6, 6.07) is -0.342. The van der Waals surface area contributed by atoms with Crippen molar-refractivity contribution < 1.29 is 19.7 Å². The van der Waals surface area contributed by atoms with E-state index in [0.717, 1.165) is 12.8 Å². The van der Waals surface area contributed by atoms with E-state index in [-0.39, 0.29) is 30.2 Å². The molecule has 0 spiro atoms. The van der Waals surface area contributed by atoms with Gasteiger partial charge in [0, 0.05) is 6.92 Å². The summed E-state index contributed by atoms with van der Waals surface area (Å²) in [6.45, 7) is 2.02. The Hall–Kier alpha value is -1.80. The Labute approximate surface area is 110 Å². The van der Waals surface area contributed by atoms with Crippen molar-refractivity contribution in [2.45, 2.75) is 38.6 Å². The third kappa shape index (κ3) is 5.58. The van der Waals surface area contributed by atoms with Crippen LogP contribution in [-0.2, 0) is 16.0 Å². The zero-order chi connectivity index (χ0) is 14.3. The number of nitrogens with zero attached hydrogens (tertiary/aromatic N) is 2. The Morgan fingerprint density at radius 1 is 1.42 bits per heavy atom. The van der Waals surface area contributed by atoms with Gasteiger partial charge in [0.15, 0.2) is 0 Å². The molecule has 0 saturated heterocycles. The molecule has 0 fully saturated rings. The van der Waals surface area contributed by atoms with Gasteiger partial charge in [-0.05, 0) is 25.8 Å². The number of nitrogens with one attached hydrogen (secondary N) is 1. The number of hydrogen-bond donors (Lipinski definition) is 3. The van der Waals surface area contributed by atoms with Crippen molar-refractivity contribution in [3.8, 4) is 0 Å². The minimum absolute atomic E-state index is 0.00257. The van der Waals surface area contributed by atoms with Crippen LogP contribution in [0, 0.1) is 0 Å². The Morgan fingerprint density at radius 2 is 2.16 bits per heavy atom. The van der Waals surface area contributed by atoms with Crippen LogP contribution in [0.3, 0.4) is 0 Å². The van der Waals surface area contributed by atoms with Crippen LogP contribution in [0.25, 0.3) is 0 Å². The summed E-state index contributed by atoms with van der Waals surface area (Å²) in [5.41, 5.74) is 8.68. The fourth-order valence-electron chi connectivity index (χ4n) is 1.64. The Kier molecular flexibility index (Phi) is 6.10. The molecule has 1 heterocycles. The molecule has 1 aromatic heterocycles. The molecule has 1 aromatic rings. The van der Waals surface area contributed by atoms with Gasteiger partial charge in [-0.15, -0.1) is 10.2 Å². The molecule has 1 rings (SSSR count). The molecule has 0 bridgehead atoms. The molecule has 8 heteroatoms. The maximum Gasteiger partial charge on any atom is 0.318 e. The van der Waals surface area contributed by atoms with Crippen molar-refractivity contribution >= 4 is 11.8 Å². The van der Waals surface area contributed by atoms with E-state index in [1.807, 2.05) is 0 Å². The lowest BCUT2D eigenvalue weighted by molar-refractivity contribution is -0.305. The standard InChI is InChI=1S/C11H19N5O3/c1-7(17)14-8(4-2-3-5-12)11-16-15-10(19-11)6-9(13)18/h8H,2-6,12H2,1H3,(H2,13,18)(H,14,17)/p+1. The quantitative estimate of drug-likeness (QED) is 0.501. The molecule has 19 heavy (non-hydrogen) atoms. The second-order valence-electron chi connectivity index (χ2n) is 4.29. The fourth-order valence-corrected chi connectivity index (χ4v) is 1.64. The second kappa shape index (κ2) is 7.59. The van der Waals surface area contributed by atoms with Gasteiger partial charge in [0.2, 0.25) is 17.7 Å². The molecule has 0 aliphatic rings. The van der Waals surface area contributed by atoms with Crippen LogP contribution < -0.4 is 16.8 Å². The molecule has 106 valence electrons. The monoisotopic (exact) mass is 270 g/mol. The molecule has 0 aliphatic carbocycles. The third-order valence-corrected chi connectivity index (χ3v) is 2.45. The molecular weight excluding hydrogens is 250 g/mol. The van der Waals surface area contributed by atoms with Gasteiger partial charge in [-0.1, -0.05) is 0 Å². The molecule has 8 nitrogen and oxygen atoms in total. The molecule has 0 aliphatic heterocycles. The number of aromatic nitrogens is 2. The predicted molar refractivity (Wildman–Crippen MR) is 65.4 cm³/mol. The molecule has 1 atom stereocenters. The summed E-state index contributed by atoms with van der Waals surface area (Å²) in [5, 5.41) is 10.4. The van der Waals surface area contributed by atoms with Gasteiger partial charge in [-0.2, -0.15) is 0 Å². The number of rotatable bonds is 8. The van der Waals surface area contributed by atoms with Gasteiger partial charge in [-0.3, -0.25) is 10.5 Å². The summed E-state index contributed by atoms with van der Waals surface area (Å²) in [4.78, 5) is 22.0. The first-order valence-electron chi connectivity index (χ1n) is 6.17. The Balaban J connectivity index is 2.69. The SMILES string of the molecule is CC(=O)NC(CCCCN)c1nnc(CC([NH3+])=O)o1. The highest BCUT2D eigenvalue weighted by Gasteiger charge is 2.20. The summed E-state index contributed by atoms with van der Waals surface area (Å²) in [5.74, 6) is 0.0489. The van der Waals surface area contributed by atoms with E-state index in [1.54, 1.807) is 0 Å². The van der Waals surface area contributed by atoms with E-state index in [4.69, 9.17) is 10.2 Å². The maximum absolute atomic E-state index is 11.2. The number of nitrogens with two attached hydrogens (primary N) is 1. The first-order valence-corrected chi connectivity index (χ1v) is 6.17. The van der Waals surface area contributed by atoms with Gasteiger partial charge < -0.3 is 15.5 Å². The van der Waals surface area contributed by atoms with Gasteiger partial charge in [0.1, 0.15) is 12.5 Å². The Bertz CT molecular complexity index is 432. The lowest BCUT2D eigenvalue weighted by Crippen LogP contribution is -2.57. The zero-order valence-electron chi connectivity index (χ0n) is 11.0. The van der Waals surface area contributed by atoms with E-state index in [9.17, 15) is 9.59 Å². The van der Waals surface area contributed by atoms with Crippen molar-refractivity contribution in [2.24, 2.45) is 5.73 Å². The molecule has 0 radical (unpaired) electrons. The van der Waals surface area contributed by atoms with Crippen LogP contribution in [-0.4, -0.2) is 28.6 Å². The number of carbonyl (C=O) groups excluding carboxylic acids is 2. The molecule has 0 saturated carbocycles. The minimum Gasteiger partial charge on any atom is -0.422 e. The normalized spacial score (nSPS) is 12.2. The molecule has 2 amide bonds. The lowest BCUT2D eigenvalue weighted by Gasteiger charge is -2.13. The van der Waals surface area contributed by atoms with Crippen molar-refractivity contribution in [3.05, 3.63) is 11.8 Å². The Morgan fingerprint density at radius 3 is 2.74 bits per heavy atom. The first-order chi connectivity index (χ1) is 9.02. The van der Waals surface area contributed by atoms with Gasteiger partial charge in [0.25, 0.3) is 0 Å². The van der Waals surface area contributed by atoms with E-state index >= 15 is 0 Å². The minimum atomic E-state index is -0.342. The van der Waals surface area contributed by atoms with Crippen LogP contribution in [0.15, 0.2) is 4.42 Å². The highest BCUT2D eigenvalue weighted by molar-refractivity contribution is 5.73. The van der Waals surface area contributed by atoms with E-state index in [0.29, 0.717) is 18.9 Å². The maximum atomic E-state index is 11.2. The van der Waals surface area contributed by atoms with Crippen LogP contribution in [0.2, 0.25) is 0 Å². The molecule has 0 aromatic carbocycles. The largest absolute Gasteiger partial charge is 0.422 e. The summed E-state index contributed by atoms with van der Waals surface area (Å²) in [7, 11) is 0. The average molecular weight is 270 g/mol. The van der Waals surface area contributed by atoms with E-state index < -0.39 is 0 Å². The number of carbonyl (C=O) groups is 2. The topological polar surface area (TPSA) is 139 Å². The summed E-state index contributed by atoms with van der Waals surface area (Å²) < 4.78 is 5.36. The van der Waals surface area contributed by atoms with Crippen LogP contribution in [0.5, 0.6) is 0 Å².